The quantitative estimate of drug-likeness (QED) is 0.559. The molecule has 0 unspecified atom stereocenters. The highest BCUT2D eigenvalue weighted by Gasteiger charge is 2.28. The van der Waals surface area contributed by atoms with Gasteiger partial charge in [0, 0.05) is 18.9 Å². The Labute approximate surface area is 155 Å². The summed E-state index contributed by atoms with van der Waals surface area (Å²) in [5, 5.41) is 20.5. The molecular weight excluding hydrogens is 347 g/mol. The molecule has 0 bridgehead atoms. The van der Waals surface area contributed by atoms with Gasteiger partial charge in [0.2, 0.25) is 0 Å². The van der Waals surface area contributed by atoms with Crippen molar-refractivity contribution in [2.24, 2.45) is 11.5 Å². The van der Waals surface area contributed by atoms with E-state index in [1.54, 1.807) is 0 Å². The van der Waals surface area contributed by atoms with Gasteiger partial charge < -0.3 is 21.7 Å². The molecule has 6 heteroatoms. The van der Waals surface area contributed by atoms with Gasteiger partial charge in [-0.05, 0) is 17.5 Å². The third-order valence-electron chi connectivity index (χ3n) is 3.72. The minimum atomic E-state index is -1.48. The molecule has 134 valence electrons. The predicted molar refractivity (Wildman–Crippen MR) is 103 cm³/mol. The van der Waals surface area contributed by atoms with Crippen molar-refractivity contribution in [1.29, 1.82) is 0 Å². The minimum Gasteiger partial charge on any atom is -0.391 e. The Balaban J connectivity index is 0.00000264. The van der Waals surface area contributed by atoms with E-state index in [9.17, 15) is 10.2 Å². The monoisotopic (exact) mass is 372 g/mol. The van der Waals surface area contributed by atoms with E-state index in [-0.39, 0.29) is 37.7 Å². The van der Waals surface area contributed by atoms with Crippen LogP contribution in [0.2, 0.25) is 0 Å². The Morgan fingerprint density at radius 3 is 1.83 bits per heavy atom. The second kappa shape index (κ2) is 10.7. The molecule has 0 aliphatic rings. The van der Waals surface area contributed by atoms with E-state index < -0.39 is 17.9 Å². The maximum atomic E-state index is 10.3. The van der Waals surface area contributed by atoms with Crippen molar-refractivity contribution in [3.05, 3.63) is 71.8 Å². The van der Waals surface area contributed by atoms with Gasteiger partial charge in [-0.3, -0.25) is 0 Å². The van der Waals surface area contributed by atoms with Crippen LogP contribution in [0.15, 0.2) is 60.7 Å². The Morgan fingerprint density at radius 1 is 0.875 bits per heavy atom. The van der Waals surface area contributed by atoms with E-state index in [0.717, 1.165) is 11.1 Å². The van der Waals surface area contributed by atoms with Gasteiger partial charge in [-0.15, -0.1) is 24.8 Å². The molecule has 2 rings (SSSR count). The van der Waals surface area contributed by atoms with Gasteiger partial charge in [0.05, 0.1) is 6.10 Å². The molecule has 0 spiro atoms. The molecule has 2 aromatic carbocycles. The van der Waals surface area contributed by atoms with E-state index in [1.807, 2.05) is 60.7 Å². The lowest BCUT2D eigenvalue weighted by molar-refractivity contribution is -0.0128. The van der Waals surface area contributed by atoms with Gasteiger partial charge in [0.25, 0.3) is 0 Å². The summed E-state index contributed by atoms with van der Waals surface area (Å²) in [6.07, 6.45) is 0.00126. The van der Waals surface area contributed by atoms with Crippen LogP contribution in [0.4, 0.5) is 0 Å². The van der Waals surface area contributed by atoms with Crippen LogP contribution in [0, 0.1) is 0 Å². The second-order valence-corrected chi connectivity index (χ2v) is 5.89. The molecule has 2 aromatic rings. The first-order valence-electron chi connectivity index (χ1n) is 7.49. The Morgan fingerprint density at radius 2 is 1.33 bits per heavy atom. The summed E-state index contributed by atoms with van der Waals surface area (Å²) in [7, 11) is 0. The number of aliphatic hydroxyl groups excluding tert-OH is 1. The number of aliphatic hydroxyl groups is 2. The van der Waals surface area contributed by atoms with Crippen molar-refractivity contribution >= 4 is 24.8 Å². The van der Waals surface area contributed by atoms with Crippen LogP contribution in [0.3, 0.4) is 0 Å². The highest BCUT2D eigenvalue weighted by atomic mass is 35.5. The molecular formula is C18H26Cl2N2O2. The zero-order valence-electron chi connectivity index (χ0n) is 13.4. The number of benzene rings is 2. The smallest absolute Gasteiger partial charge is 0.120 e. The summed E-state index contributed by atoms with van der Waals surface area (Å²) < 4.78 is 0. The molecule has 0 saturated heterocycles. The maximum absolute atomic E-state index is 10.3. The molecule has 0 amide bonds. The summed E-state index contributed by atoms with van der Waals surface area (Å²) in [5.41, 5.74) is 12.5. The molecule has 0 aromatic heterocycles. The summed E-state index contributed by atoms with van der Waals surface area (Å²) in [5.74, 6) is 0. The van der Waals surface area contributed by atoms with Crippen LogP contribution in [-0.4, -0.2) is 28.1 Å². The number of rotatable bonds is 7. The van der Waals surface area contributed by atoms with E-state index >= 15 is 0 Å². The molecule has 0 fully saturated rings. The molecule has 0 aliphatic carbocycles. The van der Waals surface area contributed by atoms with Crippen LogP contribution in [-0.2, 0) is 12.8 Å². The summed E-state index contributed by atoms with van der Waals surface area (Å²) in [6, 6.07) is 18.7. The SMILES string of the molecule is Cl.Cl.N[C@@H](Cc1ccccc1)[C@@H](O)C[C@@](N)(O)Cc1ccccc1. The van der Waals surface area contributed by atoms with Crippen molar-refractivity contribution < 1.29 is 10.2 Å². The van der Waals surface area contributed by atoms with Crippen LogP contribution in [0.25, 0.3) is 0 Å². The summed E-state index contributed by atoms with van der Waals surface area (Å²) in [6.45, 7) is 0. The van der Waals surface area contributed by atoms with Crippen LogP contribution < -0.4 is 11.5 Å². The lowest BCUT2D eigenvalue weighted by Gasteiger charge is -2.29. The molecule has 6 N–H and O–H groups in total. The molecule has 0 saturated carbocycles. The molecule has 0 radical (unpaired) electrons. The summed E-state index contributed by atoms with van der Waals surface area (Å²) >= 11 is 0. The standard InChI is InChI=1S/C18H24N2O2.2ClH/c19-16(11-14-7-3-1-4-8-14)17(21)13-18(20,22)12-15-9-5-2-6-10-15;;/h1-10,16-17,21-22H,11-13,19-20H2;2*1H/t16-,17-,18-;;/m0../s1. The Kier molecular flexibility index (Phi) is 10.2. The first-order chi connectivity index (χ1) is 10.5. The first kappa shape index (κ1) is 22.9. The van der Waals surface area contributed by atoms with Crippen LogP contribution >= 0.6 is 24.8 Å². The maximum Gasteiger partial charge on any atom is 0.120 e. The zero-order valence-corrected chi connectivity index (χ0v) is 15.0. The number of hydrogen-bond acceptors (Lipinski definition) is 4. The molecule has 3 atom stereocenters. The van der Waals surface area contributed by atoms with E-state index in [1.165, 1.54) is 0 Å². The zero-order chi connectivity index (χ0) is 16.0. The van der Waals surface area contributed by atoms with E-state index in [0.29, 0.717) is 6.42 Å². The van der Waals surface area contributed by atoms with Gasteiger partial charge in [-0.25, -0.2) is 0 Å². The first-order valence-corrected chi connectivity index (χ1v) is 7.49. The highest BCUT2D eigenvalue weighted by Crippen LogP contribution is 2.16. The number of halogens is 2. The average Bonchev–Trinajstić information content (AvgIpc) is 2.48. The lowest BCUT2D eigenvalue weighted by Crippen LogP contribution is -2.49. The van der Waals surface area contributed by atoms with Gasteiger partial charge in [0.15, 0.2) is 0 Å². The van der Waals surface area contributed by atoms with Crippen LogP contribution in [0.1, 0.15) is 17.5 Å². The minimum absolute atomic E-state index is 0. The Bertz CT molecular complexity index is 568. The fourth-order valence-corrected chi connectivity index (χ4v) is 2.56. The van der Waals surface area contributed by atoms with Gasteiger partial charge in [-0.1, -0.05) is 60.7 Å². The third kappa shape index (κ3) is 7.62. The predicted octanol–water partition coefficient (Wildman–Crippen LogP) is 2.04. The number of hydrogen-bond donors (Lipinski definition) is 4. The van der Waals surface area contributed by atoms with Crippen molar-refractivity contribution in [3.8, 4) is 0 Å². The Hall–Kier alpha value is -1.14. The lowest BCUT2D eigenvalue weighted by atomic mass is 9.92. The second-order valence-electron chi connectivity index (χ2n) is 5.89. The topological polar surface area (TPSA) is 92.5 Å². The molecule has 0 heterocycles. The number of nitrogens with two attached hydrogens (primary N) is 2. The van der Waals surface area contributed by atoms with Crippen molar-refractivity contribution in [2.75, 3.05) is 0 Å². The van der Waals surface area contributed by atoms with Gasteiger partial charge in [-0.2, -0.15) is 0 Å². The summed E-state index contributed by atoms with van der Waals surface area (Å²) in [4.78, 5) is 0. The van der Waals surface area contributed by atoms with Crippen molar-refractivity contribution in [3.63, 3.8) is 0 Å². The average molecular weight is 373 g/mol. The fourth-order valence-electron chi connectivity index (χ4n) is 2.56. The highest BCUT2D eigenvalue weighted by molar-refractivity contribution is 5.85. The molecule has 24 heavy (non-hydrogen) atoms. The molecule has 4 nitrogen and oxygen atoms in total. The normalized spacial score (nSPS) is 15.3. The fraction of sp³-hybridized carbons (Fsp3) is 0.333. The van der Waals surface area contributed by atoms with E-state index in [4.69, 9.17) is 11.5 Å². The molecule has 0 aliphatic heterocycles. The third-order valence-corrected chi connectivity index (χ3v) is 3.72. The van der Waals surface area contributed by atoms with Crippen LogP contribution in [0.5, 0.6) is 0 Å². The van der Waals surface area contributed by atoms with Gasteiger partial charge >= 0.3 is 0 Å². The van der Waals surface area contributed by atoms with Crippen molar-refractivity contribution in [2.45, 2.75) is 37.1 Å². The largest absolute Gasteiger partial charge is 0.391 e. The van der Waals surface area contributed by atoms with Crippen molar-refractivity contribution in [1.82, 2.24) is 0 Å². The van der Waals surface area contributed by atoms with Gasteiger partial charge in [0.1, 0.15) is 5.72 Å². The van der Waals surface area contributed by atoms with E-state index in [2.05, 4.69) is 0 Å².